The van der Waals surface area contributed by atoms with Crippen LogP contribution in [0, 0.1) is 5.92 Å². The van der Waals surface area contributed by atoms with Crippen molar-refractivity contribution in [2.24, 2.45) is 5.92 Å². The van der Waals surface area contributed by atoms with Gasteiger partial charge >= 0.3 is 0 Å². The number of nitrogens with zero attached hydrogens (tertiary/aromatic N) is 1. The van der Waals surface area contributed by atoms with Crippen LogP contribution in [0.3, 0.4) is 0 Å². The molecule has 1 saturated carbocycles. The van der Waals surface area contributed by atoms with Crippen molar-refractivity contribution >= 4 is 33.0 Å². The van der Waals surface area contributed by atoms with Crippen molar-refractivity contribution in [3.8, 4) is 5.75 Å². The topological polar surface area (TPSA) is 75.7 Å². The maximum atomic E-state index is 12.6. The molecule has 2 atom stereocenters. The average Bonchev–Trinajstić information content (AvgIpc) is 3.43. The Labute approximate surface area is 183 Å². The van der Waals surface area contributed by atoms with E-state index in [-0.39, 0.29) is 18.6 Å². The number of carbonyl (C=O) groups excluding carboxylic acids is 1. The minimum absolute atomic E-state index is 0.0420. The Kier molecular flexibility index (Phi) is 7.77. The first kappa shape index (κ1) is 22.6. The van der Waals surface area contributed by atoms with Gasteiger partial charge in [-0.2, -0.15) is 0 Å². The average molecular weight is 451 g/mol. The smallest absolute Gasteiger partial charge is 0.273 e. The summed E-state index contributed by atoms with van der Waals surface area (Å²) in [7, 11) is -2.04. The summed E-state index contributed by atoms with van der Waals surface area (Å²) >= 11 is 1.19. The zero-order valence-corrected chi connectivity index (χ0v) is 19.2. The predicted octanol–water partition coefficient (Wildman–Crippen LogP) is 4.43. The Morgan fingerprint density at radius 2 is 2.00 bits per heavy atom. The van der Waals surface area contributed by atoms with E-state index in [1.54, 1.807) is 41.8 Å². The second-order valence-corrected chi connectivity index (χ2v) is 10.8. The SMILES string of the molecule is CCCCC1CCCC1NC(=O)COc1ccc(N(C)S(=O)(=O)c2cccs2)cc1. The monoisotopic (exact) mass is 450 g/mol. The number of amides is 1. The van der Waals surface area contributed by atoms with Gasteiger partial charge < -0.3 is 10.1 Å². The van der Waals surface area contributed by atoms with Crippen LogP contribution in [-0.2, 0) is 14.8 Å². The van der Waals surface area contributed by atoms with Crippen molar-refractivity contribution < 1.29 is 17.9 Å². The number of sulfonamides is 1. The van der Waals surface area contributed by atoms with Crippen molar-refractivity contribution in [3.63, 3.8) is 0 Å². The summed E-state index contributed by atoms with van der Waals surface area (Å²) in [6, 6.07) is 10.3. The molecule has 1 heterocycles. The summed E-state index contributed by atoms with van der Waals surface area (Å²) in [5.41, 5.74) is 0.532. The second-order valence-electron chi connectivity index (χ2n) is 7.69. The first-order valence-electron chi connectivity index (χ1n) is 10.5. The van der Waals surface area contributed by atoms with Crippen LogP contribution in [0.5, 0.6) is 5.75 Å². The maximum absolute atomic E-state index is 12.6. The highest BCUT2D eigenvalue weighted by Gasteiger charge is 2.28. The van der Waals surface area contributed by atoms with Crippen molar-refractivity contribution in [2.75, 3.05) is 18.0 Å². The Balaban J connectivity index is 1.51. The maximum Gasteiger partial charge on any atom is 0.273 e. The van der Waals surface area contributed by atoms with Crippen molar-refractivity contribution in [1.29, 1.82) is 0 Å². The molecule has 164 valence electrons. The number of unbranched alkanes of at least 4 members (excludes halogenated alkanes) is 1. The molecule has 1 amide bonds. The molecular formula is C22H30N2O4S2. The van der Waals surface area contributed by atoms with Crippen LogP contribution >= 0.6 is 11.3 Å². The van der Waals surface area contributed by atoms with Gasteiger partial charge in [-0.1, -0.05) is 32.3 Å². The van der Waals surface area contributed by atoms with Crippen molar-refractivity contribution in [3.05, 3.63) is 41.8 Å². The molecule has 1 aliphatic rings. The molecule has 0 bridgehead atoms. The Hall–Kier alpha value is -2.06. The number of carbonyl (C=O) groups is 1. The number of rotatable bonds is 10. The lowest BCUT2D eigenvalue weighted by Gasteiger charge is -2.21. The number of anilines is 1. The molecule has 6 nitrogen and oxygen atoms in total. The number of benzene rings is 1. The van der Waals surface area contributed by atoms with Gasteiger partial charge in [0.2, 0.25) is 0 Å². The van der Waals surface area contributed by atoms with Crippen LogP contribution in [0.4, 0.5) is 5.69 Å². The number of ether oxygens (including phenoxy) is 1. The first-order chi connectivity index (χ1) is 14.4. The largest absolute Gasteiger partial charge is 0.484 e. The third-order valence-corrected chi connectivity index (χ3v) is 8.77. The molecule has 0 saturated heterocycles. The van der Waals surface area contributed by atoms with Crippen LogP contribution in [0.25, 0.3) is 0 Å². The first-order valence-corrected chi connectivity index (χ1v) is 12.8. The minimum Gasteiger partial charge on any atom is -0.484 e. The number of hydrogen-bond donors (Lipinski definition) is 1. The van der Waals surface area contributed by atoms with Crippen LogP contribution in [-0.4, -0.2) is 34.0 Å². The molecule has 0 spiro atoms. The van der Waals surface area contributed by atoms with Gasteiger partial charge in [0, 0.05) is 13.1 Å². The van der Waals surface area contributed by atoms with Gasteiger partial charge in [-0.3, -0.25) is 9.10 Å². The fraction of sp³-hybridized carbons (Fsp3) is 0.500. The third kappa shape index (κ3) is 5.55. The number of hydrogen-bond acceptors (Lipinski definition) is 5. The highest BCUT2D eigenvalue weighted by atomic mass is 32.2. The number of thiophene rings is 1. The lowest BCUT2D eigenvalue weighted by Crippen LogP contribution is -2.40. The van der Waals surface area contributed by atoms with E-state index in [1.807, 2.05) is 0 Å². The Morgan fingerprint density at radius 1 is 1.23 bits per heavy atom. The molecule has 30 heavy (non-hydrogen) atoms. The summed E-state index contributed by atoms with van der Waals surface area (Å²) in [5, 5.41) is 4.86. The van der Waals surface area contributed by atoms with Crippen LogP contribution in [0.15, 0.2) is 46.0 Å². The van der Waals surface area contributed by atoms with Crippen molar-refractivity contribution in [1.82, 2.24) is 5.32 Å². The van der Waals surface area contributed by atoms with E-state index in [4.69, 9.17) is 4.74 Å². The third-order valence-electron chi connectivity index (χ3n) is 5.61. The predicted molar refractivity (Wildman–Crippen MR) is 121 cm³/mol. The van der Waals surface area contributed by atoms with E-state index >= 15 is 0 Å². The van der Waals surface area contributed by atoms with Gasteiger partial charge in [0.25, 0.3) is 15.9 Å². The van der Waals surface area contributed by atoms with Gasteiger partial charge in [0.1, 0.15) is 9.96 Å². The summed E-state index contributed by atoms with van der Waals surface area (Å²) < 4.78 is 32.4. The van der Waals surface area contributed by atoms with Gasteiger partial charge in [-0.25, -0.2) is 8.42 Å². The summed E-state index contributed by atoms with van der Waals surface area (Å²) in [6.07, 6.45) is 6.96. The lowest BCUT2D eigenvalue weighted by atomic mass is 9.97. The highest BCUT2D eigenvalue weighted by Crippen LogP contribution is 2.30. The van der Waals surface area contributed by atoms with Gasteiger partial charge in [0.05, 0.1) is 5.69 Å². The summed E-state index contributed by atoms with van der Waals surface area (Å²) in [6.45, 7) is 2.15. The molecule has 3 rings (SSSR count). The van der Waals surface area contributed by atoms with Gasteiger partial charge in [-0.05, 0) is 60.9 Å². The van der Waals surface area contributed by atoms with Crippen molar-refractivity contribution in [2.45, 2.75) is 55.7 Å². The number of nitrogens with one attached hydrogen (secondary N) is 1. The molecule has 2 unspecified atom stereocenters. The van der Waals surface area contributed by atoms with Gasteiger partial charge in [-0.15, -0.1) is 11.3 Å². The quantitative estimate of drug-likeness (QED) is 0.581. The van der Waals surface area contributed by atoms with E-state index in [0.29, 0.717) is 21.6 Å². The molecule has 1 aromatic heterocycles. The standard InChI is InChI=1S/C22H30N2O4S2/c1-3-4-7-17-8-5-9-20(17)23-21(25)16-28-19-13-11-18(12-14-19)24(2)30(26,27)22-10-6-15-29-22/h6,10-15,17,20H,3-5,7-9,16H2,1-2H3,(H,23,25). The second kappa shape index (κ2) is 10.3. The molecule has 1 fully saturated rings. The lowest BCUT2D eigenvalue weighted by molar-refractivity contribution is -0.124. The molecule has 0 aliphatic heterocycles. The Bertz CT molecular complexity index is 911. The fourth-order valence-corrected chi connectivity index (χ4v) is 6.23. The van der Waals surface area contributed by atoms with Crippen LogP contribution in [0.1, 0.15) is 45.4 Å². The fourth-order valence-electron chi connectivity index (χ4n) is 3.87. The van der Waals surface area contributed by atoms with E-state index in [1.165, 1.54) is 54.8 Å². The van der Waals surface area contributed by atoms with E-state index in [2.05, 4.69) is 12.2 Å². The zero-order chi connectivity index (χ0) is 21.6. The normalized spacial score (nSPS) is 18.9. The molecular weight excluding hydrogens is 420 g/mol. The van der Waals surface area contributed by atoms with E-state index in [0.717, 1.165) is 6.42 Å². The molecule has 1 N–H and O–H groups in total. The molecule has 1 aliphatic carbocycles. The zero-order valence-electron chi connectivity index (χ0n) is 17.5. The molecule has 8 heteroatoms. The van der Waals surface area contributed by atoms with E-state index < -0.39 is 10.0 Å². The summed E-state index contributed by atoms with van der Waals surface area (Å²) in [4.78, 5) is 12.3. The molecule has 2 aromatic rings. The van der Waals surface area contributed by atoms with Crippen LogP contribution in [0.2, 0.25) is 0 Å². The highest BCUT2D eigenvalue weighted by molar-refractivity contribution is 7.94. The minimum atomic E-state index is -3.57. The molecule has 1 aromatic carbocycles. The van der Waals surface area contributed by atoms with E-state index in [9.17, 15) is 13.2 Å². The van der Waals surface area contributed by atoms with Crippen LogP contribution < -0.4 is 14.4 Å². The Morgan fingerprint density at radius 3 is 2.67 bits per heavy atom. The summed E-state index contributed by atoms with van der Waals surface area (Å²) in [5.74, 6) is 1.00. The molecule has 0 radical (unpaired) electrons. The van der Waals surface area contributed by atoms with Gasteiger partial charge in [0.15, 0.2) is 6.61 Å².